The van der Waals surface area contributed by atoms with Crippen molar-refractivity contribution in [1.82, 2.24) is 0 Å². The Kier molecular flexibility index (Phi) is 5.27. The Bertz CT molecular complexity index is 480. The van der Waals surface area contributed by atoms with Crippen LogP contribution in [0.4, 0.5) is 5.69 Å². The van der Waals surface area contributed by atoms with E-state index >= 15 is 0 Å². The summed E-state index contributed by atoms with van der Waals surface area (Å²) in [6, 6.07) is 8.28. The molecule has 1 unspecified atom stereocenters. The summed E-state index contributed by atoms with van der Waals surface area (Å²) in [7, 11) is 0. The fourth-order valence-electron chi connectivity index (χ4n) is 1.56. The van der Waals surface area contributed by atoms with Crippen molar-refractivity contribution in [3.05, 3.63) is 34.4 Å². The second-order valence-electron chi connectivity index (χ2n) is 4.56. The molecule has 19 heavy (non-hydrogen) atoms. The highest BCUT2D eigenvalue weighted by Gasteiger charge is 2.16. The average molecular weight is 263 g/mol. The van der Waals surface area contributed by atoms with Crippen molar-refractivity contribution in [2.75, 3.05) is 6.61 Å². The number of nitrogens with two attached hydrogens (primary N) is 1. The average Bonchev–Trinajstić information content (AvgIpc) is 2.38. The number of ether oxygens (including phenoxy) is 1. The number of nitriles is 1. The van der Waals surface area contributed by atoms with Gasteiger partial charge in [-0.3, -0.25) is 10.1 Å². The van der Waals surface area contributed by atoms with Crippen LogP contribution in [0.15, 0.2) is 24.3 Å². The van der Waals surface area contributed by atoms with Gasteiger partial charge in [-0.1, -0.05) is 12.1 Å². The standard InChI is InChI=1S/C13H17N3O3/c1-13(15,10-14)8-4-5-9-19-12-7-3-2-6-11(12)16(17)18/h2-3,6-7H,4-5,8-9,15H2,1H3. The molecular weight excluding hydrogens is 246 g/mol. The van der Waals surface area contributed by atoms with Crippen LogP contribution in [0.25, 0.3) is 0 Å². The first-order valence-corrected chi connectivity index (χ1v) is 6.02. The third kappa shape index (κ3) is 4.94. The fourth-order valence-corrected chi connectivity index (χ4v) is 1.56. The zero-order valence-corrected chi connectivity index (χ0v) is 10.8. The van der Waals surface area contributed by atoms with Crippen molar-refractivity contribution in [2.45, 2.75) is 31.7 Å². The summed E-state index contributed by atoms with van der Waals surface area (Å²) in [6.45, 7) is 2.04. The molecule has 0 spiro atoms. The molecule has 0 saturated carbocycles. The second-order valence-corrected chi connectivity index (χ2v) is 4.56. The van der Waals surface area contributed by atoms with E-state index < -0.39 is 10.5 Å². The number of unbranched alkanes of at least 4 members (excludes halogenated alkanes) is 1. The Morgan fingerprint density at radius 2 is 2.16 bits per heavy atom. The largest absolute Gasteiger partial charge is 0.487 e. The molecule has 0 aromatic heterocycles. The summed E-state index contributed by atoms with van der Waals surface area (Å²) in [5, 5.41) is 19.5. The minimum absolute atomic E-state index is 0.0387. The molecule has 0 radical (unpaired) electrons. The van der Waals surface area contributed by atoms with Gasteiger partial charge in [-0.25, -0.2) is 0 Å². The highest BCUT2D eigenvalue weighted by atomic mass is 16.6. The molecule has 0 aliphatic heterocycles. The lowest BCUT2D eigenvalue weighted by Gasteiger charge is -2.14. The molecule has 6 heteroatoms. The van der Waals surface area contributed by atoms with Crippen LogP contribution >= 0.6 is 0 Å². The van der Waals surface area contributed by atoms with E-state index in [2.05, 4.69) is 0 Å². The summed E-state index contributed by atoms with van der Waals surface area (Å²) >= 11 is 0. The molecule has 0 aliphatic rings. The van der Waals surface area contributed by atoms with Gasteiger partial charge < -0.3 is 10.5 Å². The van der Waals surface area contributed by atoms with E-state index in [1.54, 1.807) is 25.1 Å². The number of benzene rings is 1. The van der Waals surface area contributed by atoms with Gasteiger partial charge in [0.05, 0.1) is 17.6 Å². The van der Waals surface area contributed by atoms with Gasteiger partial charge in [0.1, 0.15) is 5.54 Å². The Morgan fingerprint density at radius 1 is 1.47 bits per heavy atom. The fraction of sp³-hybridized carbons (Fsp3) is 0.462. The molecule has 0 heterocycles. The Balaban J connectivity index is 2.39. The van der Waals surface area contributed by atoms with Gasteiger partial charge in [-0.2, -0.15) is 5.26 Å². The number of hydrogen-bond donors (Lipinski definition) is 1. The SMILES string of the molecule is CC(N)(C#N)CCCCOc1ccccc1[N+](=O)[O-]. The van der Waals surface area contributed by atoms with Gasteiger partial charge in [0.2, 0.25) is 0 Å². The van der Waals surface area contributed by atoms with Gasteiger partial charge in [-0.15, -0.1) is 0 Å². The number of hydrogen-bond acceptors (Lipinski definition) is 5. The van der Waals surface area contributed by atoms with Crippen molar-refractivity contribution < 1.29 is 9.66 Å². The van der Waals surface area contributed by atoms with E-state index in [9.17, 15) is 10.1 Å². The normalized spacial score (nSPS) is 13.3. The maximum atomic E-state index is 10.8. The van der Waals surface area contributed by atoms with E-state index in [1.165, 1.54) is 6.07 Å². The smallest absolute Gasteiger partial charge is 0.310 e. The van der Waals surface area contributed by atoms with Crippen LogP contribution in [-0.2, 0) is 0 Å². The molecule has 0 amide bonds. The number of rotatable bonds is 7. The molecule has 0 aliphatic carbocycles. The van der Waals surface area contributed by atoms with Crippen LogP contribution < -0.4 is 10.5 Å². The van der Waals surface area contributed by atoms with Crippen molar-refractivity contribution in [1.29, 1.82) is 5.26 Å². The van der Waals surface area contributed by atoms with Crippen LogP contribution in [0.1, 0.15) is 26.2 Å². The monoisotopic (exact) mass is 263 g/mol. The molecule has 1 atom stereocenters. The minimum atomic E-state index is -0.821. The van der Waals surface area contributed by atoms with E-state index in [-0.39, 0.29) is 11.4 Å². The molecule has 1 aromatic carbocycles. The lowest BCUT2D eigenvalue weighted by molar-refractivity contribution is -0.385. The van der Waals surface area contributed by atoms with Gasteiger partial charge in [0, 0.05) is 6.07 Å². The van der Waals surface area contributed by atoms with Crippen molar-refractivity contribution in [3.8, 4) is 11.8 Å². The molecule has 0 bridgehead atoms. The first kappa shape index (κ1) is 14.9. The summed E-state index contributed by atoms with van der Waals surface area (Å²) in [6.07, 6.45) is 2.01. The van der Waals surface area contributed by atoms with E-state index in [4.69, 9.17) is 15.7 Å². The molecule has 6 nitrogen and oxygen atoms in total. The lowest BCUT2D eigenvalue weighted by atomic mass is 9.98. The molecule has 1 rings (SSSR count). The Morgan fingerprint density at radius 3 is 2.79 bits per heavy atom. The van der Waals surface area contributed by atoms with Crippen LogP contribution in [0, 0.1) is 21.4 Å². The number of para-hydroxylation sites is 2. The third-order valence-corrected chi connectivity index (χ3v) is 2.67. The molecular formula is C13H17N3O3. The van der Waals surface area contributed by atoms with Crippen LogP contribution in [0.3, 0.4) is 0 Å². The Hall–Kier alpha value is -2.13. The highest BCUT2D eigenvalue weighted by Crippen LogP contribution is 2.26. The number of nitro groups is 1. The van der Waals surface area contributed by atoms with Gasteiger partial charge in [-0.05, 0) is 32.3 Å². The zero-order chi connectivity index (χ0) is 14.3. The zero-order valence-electron chi connectivity index (χ0n) is 10.8. The predicted octanol–water partition coefficient (Wildman–Crippen LogP) is 2.38. The van der Waals surface area contributed by atoms with Gasteiger partial charge in [0.25, 0.3) is 0 Å². The molecule has 2 N–H and O–H groups in total. The van der Waals surface area contributed by atoms with Crippen molar-refractivity contribution in [2.24, 2.45) is 5.73 Å². The first-order valence-electron chi connectivity index (χ1n) is 6.02. The van der Waals surface area contributed by atoms with Crippen LogP contribution in [0.5, 0.6) is 5.75 Å². The summed E-state index contributed by atoms with van der Waals surface area (Å²) in [4.78, 5) is 10.3. The van der Waals surface area contributed by atoms with Crippen LogP contribution in [-0.4, -0.2) is 17.1 Å². The lowest BCUT2D eigenvalue weighted by Crippen LogP contribution is -2.33. The minimum Gasteiger partial charge on any atom is -0.487 e. The summed E-state index contributed by atoms with van der Waals surface area (Å²) in [5.41, 5.74) is 4.82. The maximum absolute atomic E-state index is 10.8. The van der Waals surface area contributed by atoms with E-state index in [1.807, 2.05) is 6.07 Å². The molecule has 0 saturated heterocycles. The van der Waals surface area contributed by atoms with Gasteiger partial charge >= 0.3 is 5.69 Å². The molecule has 0 fully saturated rings. The quantitative estimate of drug-likeness (QED) is 0.462. The first-order chi connectivity index (χ1) is 8.96. The van der Waals surface area contributed by atoms with Crippen molar-refractivity contribution >= 4 is 5.69 Å². The number of nitrogens with zero attached hydrogens (tertiary/aromatic N) is 2. The van der Waals surface area contributed by atoms with Gasteiger partial charge in [0.15, 0.2) is 5.75 Å². The van der Waals surface area contributed by atoms with E-state index in [0.717, 1.165) is 6.42 Å². The molecule has 1 aromatic rings. The van der Waals surface area contributed by atoms with Crippen molar-refractivity contribution in [3.63, 3.8) is 0 Å². The summed E-state index contributed by atoms with van der Waals surface area (Å²) in [5.74, 6) is 0.267. The second kappa shape index (κ2) is 6.71. The van der Waals surface area contributed by atoms with E-state index in [0.29, 0.717) is 19.4 Å². The Labute approximate surface area is 111 Å². The highest BCUT2D eigenvalue weighted by molar-refractivity contribution is 5.45. The third-order valence-electron chi connectivity index (χ3n) is 2.67. The predicted molar refractivity (Wildman–Crippen MR) is 70.6 cm³/mol. The molecule has 102 valence electrons. The topological polar surface area (TPSA) is 102 Å². The maximum Gasteiger partial charge on any atom is 0.310 e. The van der Waals surface area contributed by atoms with Crippen LogP contribution in [0.2, 0.25) is 0 Å². The number of nitro benzene ring substituents is 1. The summed E-state index contributed by atoms with van der Waals surface area (Å²) < 4.78 is 5.38.